The maximum absolute atomic E-state index is 12.0. The zero-order valence-electron chi connectivity index (χ0n) is 13.3. The van der Waals surface area contributed by atoms with Crippen molar-refractivity contribution in [1.29, 1.82) is 0 Å². The van der Waals surface area contributed by atoms with Gasteiger partial charge < -0.3 is 10.6 Å². The predicted molar refractivity (Wildman–Crippen MR) is 90.0 cm³/mol. The van der Waals surface area contributed by atoms with Crippen molar-refractivity contribution in [2.24, 2.45) is 0 Å². The molecule has 0 unspecified atom stereocenters. The summed E-state index contributed by atoms with van der Waals surface area (Å²) < 4.78 is 1.64. The highest BCUT2D eigenvalue weighted by atomic mass is 32.1. The second-order valence-corrected chi connectivity index (χ2v) is 6.52. The normalized spacial score (nSPS) is 10.9. The van der Waals surface area contributed by atoms with Gasteiger partial charge in [0.15, 0.2) is 5.65 Å². The Labute approximate surface area is 137 Å². The first-order chi connectivity index (χ1) is 11.0. The van der Waals surface area contributed by atoms with Gasteiger partial charge in [-0.15, -0.1) is 11.3 Å². The van der Waals surface area contributed by atoms with Gasteiger partial charge >= 0.3 is 6.03 Å². The van der Waals surface area contributed by atoms with Gasteiger partial charge in [0.25, 0.3) is 0 Å². The zero-order valence-corrected chi connectivity index (χ0v) is 14.1. The molecule has 120 valence electrons. The second-order valence-electron chi connectivity index (χ2n) is 5.23. The lowest BCUT2D eigenvalue weighted by Crippen LogP contribution is -2.30. The van der Waals surface area contributed by atoms with Gasteiger partial charge in [-0.05, 0) is 32.9 Å². The van der Waals surface area contributed by atoms with E-state index in [1.165, 1.54) is 4.88 Å². The Morgan fingerprint density at radius 2 is 2.13 bits per heavy atom. The number of hydrogen-bond acceptors (Lipinski definition) is 5. The Morgan fingerprint density at radius 1 is 1.30 bits per heavy atom. The summed E-state index contributed by atoms with van der Waals surface area (Å²) in [4.78, 5) is 22.0. The minimum atomic E-state index is -0.260. The molecular formula is C15H18N6OS. The van der Waals surface area contributed by atoms with E-state index in [9.17, 15) is 4.79 Å². The third kappa shape index (κ3) is 3.48. The molecule has 7 nitrogen and oxygen atoms in total. The van der Waals surface area contributed by atoms with E-state index in [4.69, 9.17) is 0 Å². The van der Waals surface area contributed by atoms with Crippen LogP contribution in [0.25, 0.3) is 5.65 Å². The maximum atomic E-state index is 12.0. The Balaban J connectivity index is 1.58. The van der Waals surface area contributed by atoms with Gasteiger partial charge in [0.2, 0.25) is 0 Å². The van der Waals surface area contributed by atoms with Crippen molar-refractivity contribution in [2.45, 2.75) is 27.2 Å². The van der Waals surface area contributed by atoms with Crippen LogP contribution in [-0.4, -0.2) is 32.2 Å². The van der Waals surface area contributed by atoms with E-state index in [2.05, 4.69) is 32.6 Å². The smallest absolute Gasteiger partial charge is 0.319 e. The van der Waals surface area contributed by atoms with E-state index in [0.717, 1.165) is 17.1 Å². The number of nitrogens with one attached hydrogen (secondary N) is 2. The fourth-order valence-electron chi connectivity index (χ4n) is 2.21. The van der Waals surface area contributed by atoms with Crippen LogP contribution in [0.3, 0.4) is 0 Å². The summed E-state index contributed by atoms with van der Waals surface area (Å²) in [5, 5.41) is 10.9. The van der Waals surface area contributed by atoms with Crippen molar-refractivity contribution in [3.63, 3.8) is 0 Å². The maximum Gasteiger partial charge on any atom is 0.319 e. The first kappa shape index (κ1) is 15.4. The molecular weight excluding hydrogens is 312 g/mol. The van der Waals surface area contributed by atoms with Gasteiger partial charge in [-0.2, -0.15) is 5.10 Å². The van der Waals surface area contributed by atoms with Crippen molar-refractivity contribution in [3.05, 3.63) is 39.7 Å². The van der Waals surface area contributed by atoms with Gasteiger partial charge in [-0.3, -0.25) is 0 Å². The number of amides is 2. The van der Waals surface area contributed by atoms with Gasteiger partial charge in [-0.1, -0.05) is 0 Å². The van der Waals surface area contributed by atoms with Gasteiger partial charge in [0.1, 0.15) is 5.82 Å². The third-order valence-corrected chi connectivity index (χ3v) is 4.55. The quantitative estimate of drug-likeness (QED) is 0.770. The van der Waals surface area contributed by atoms with Crippen LogP contribution in [-0.2, 0) is 6.42 Å². The highest BCUT2D eigenvalue weighted by molar-refractivity contribution is 7.11. The minimum absolute atomic E-state index is 0.260. The molecule has 0 aliphatic heterocycles. The molecule has 0 aliphatic carbocycles. The fraction of sp³-hybridized carbons (Fsp3) is 0.333. The molecule has 0 saturated carbocycles. The van der Waals surface area contributed by atoms with Crippen molar-refractivity contribution in [1.82, 2.24) is 24.9 Å². The van der Waals surface area contributed by atoms with E-state index in [1.54, 1.807) is 28.1 Å². The first-order valence-electron chi connectivity index (χ1n) is 7.32. The molecule has 0 aliphatic rings. The van der Waals surface area contributed by atoms with Crippen LogP contribution in [0.15, 0.2) is 18.3 Å². The van der Waals surface area contributed by atoms with Crippen molar-refractivity contribution >= 4 is 28.7 Å². The number of pyridine rings is 1. The van der Waals surface area contributed by atoms with Gasteiger partial charge in [0.05, 0.1) is 16.4 Å². The number of fused-ring (bicyclic) bond motifs is 1. The zero-order chi connectivity index (χ0) is 16.4. The fourth-order valence-corrected chi connectivity index (χ4v) is 3.14. The number of carbonyl (C=O) groups excluding carboxylic acids is 1. The number of nitrogens with zero attached hydrogens (tertiary/aromatic N) is 4. The summed E-state index contributed by atoms with van der Waals surface area (Å²) in [6.07, 6.45) is 2.52. The van der Waals surface area contributed by atoms with Gasteiger partial charge in [0, 0.05) is 24.0 Å². The Kier molecular flexibility index (Phi) is 4.24. The van der Waals surface area contributed by atoms with Gasteiger partial charge in [-0.25, -0.2) is 19.3 Å². The third-order valence-electron chi connectivity index (χ3n) is 3.41. The van der Waals surface area contributed by atoms with E-state index < -0.39 is 0 Å². The Hall–Kier alpha value is -2.48. The van der Waals surface area contributed by atoms with Crippen LogP contribution < -0.4 is 10.6 Å². The molecule has 3 aromatic heterocycles. The van der Waals surface area contributed by atoms with Crippen LogP contribution in [0.4, 0.5) is 10.5 Å². The van der Waals surface area contributed by atoms with Crippen LogP contribution in [0, 0.1) is 20.8 Å². The van der Waals surface area contributed by atoms with Crippen molar-refractivity contribution in [2.75, 3.05) is 11.9 Å². The average molecular weight is 330 g/mol. The number of hydrogen-bond donors (Lipinski definition) is 2. The molecule has 0 bridgehead atoms. The van der Waals surface area contributed by atoms with Crippen LogP contribution in [0.1, 0.15) is 21.4 Å². The summed E-state index contributed by atoms with van der Waals surface area (Å²) in [7, 11) is 0. The minimum Gasteiger partial charge on any atom is -0.337 e. The highest BCUT2D eigenvalue weighted by Gasteiger charge is 2.09. The summed E-state index contributed by atoms with van der Waals surface area (Å²) in [6.45, 7) is 6.40. The number of aromatic nitrogens is 4. The van der Waals surface area contributed by atoms with E-state index in [-0.39, 0.29) is 6.03 Å². The lowest BCUT2D eigenvalue weighted by atomic mass is 10.4. The van der Waals surface area contributed by atoms with Crippen LogP contribution in [0.2, 0.25) is 0 Å². The highest BCUT2D eigenvalue weighted by Crippen LogP contribution is 2.16. The lowest BCUT2D eigenvalue weighted by Gasteiger charge is -2.07. The monoisotopic (exact) mass is 330 g/mol. The SMILES string of the molecule is Cc1nc2c(NC(=O)NCCc3nc(C)c(C)s3)cccn2n1. The number of rotatable bonds is 4. The summed E-state index contributed by atoms with van der Waals surface area (Å²) in [6, 6.07) is 3.36. The molecule has 0 radical (unpaired) electrons. The molecule has 0 saturated heterocycles. The first-order valence-corrected chi connectivity index (χ1v) is 8.14. The largest absolute Gasteiger partial charge is 0.337 e. The molecule has 3 aromatic rings. The van der Waals surface area contributed by atoms with E-state index in [1.807, 2.05) is 19.9 Å². The molecule has 2 N–H and O–H groups in total. The Morgan fingerprint density at radius 3 is 2.87 bits per heavy atom. The number of thiazole rings is 1. The number of urea groups is 1. The molecule has 3 rings (SSSR count). The number of anilines is 1. The summed E-state index contributed by atoms with van der Waals surface area (Å²) in [5.74, 6) is 0.661. The molecule has 0 spiro atoms. The van der Waals surface area contributed by atoms with Crippen molar-refractivity contribution < 1.29 is 4.79 Å². The summed E-state index contributed by atoms with van der Waals surface area (Å²) in [5.41, 5.74) is 2.32. The standard InChI is InChI=1S/C15H18N6OS/c1-9-10(2)23-13(17-9)6-7-16-15(22)19-12-5-4-8-21-14(12)18-11(3)20-21/h4-5,8H,6-7H2,1-3H3,(H2,16,19,22). The van der Waals surface area contributed by atoms with Crippen molar-refractivity contribution in [3.8, 4) is 0 Å². The molecule has 0 atom stereocenters. The van der Waals surface area contributed by atoms with E-state index >= 15 is 0 Å². The van der Waals surface area contributed by atoms with Crippen LogP contribution in [0.5, 0.6) is 0 Å². The average Bonchev–Trinajstić information content (AvgIpc) is 3.02. The molecule has 0 aromatic carbocycles. The number of carbonyl (C=O) groups is 1. The Bertz CT molecular complexity index is 833. The van der Waals surface area contributed by atoms with E-state index in [0.29, 0.717) is 23.7 Å². The molecule has 0 fully saturated rings. The molecule has 23 heavy (non-hydrogen) atoms. The summed E-state index contributed by atoms with van der Waals surface area (Å²) >= 11 is 1.67. The topological polar surface area (TPSA) is 84.2 Å². The molecule has 3 heterocycles. The molecule has 8 heteroatoms. The lowest BCUT2D eigenvalue weighted by molar-refractivity contribution is 0.252. The second kappa shape index (κ2) is 6.33. The molecule has 2 amide bonds. The van der Waals surface area contributed by atoms with Crippen LogP contribution >= 0.6 is 11.3 Å². The number of aryl methyl sites for hydroxylation is 3. The predicted octanol–water partition coefficient (Wildman–Crippen LogP) is 2.48.